The molecule has 76 valence electrons. The van der Waals surface area contributed by atoms with Gasteiger partial charge in [0.2, 0.25) is 0 Å². The van der Waals surface area contributed by atoms with Gasteiger partial charge in [-0.05, 0) is 40.2 Å². The fourth-order valence-electron chi connectivity index (χ4n) is 1.11. The molecule has 2 nitrogen and oxygen atoms in total. The number of benzene rings is 1. The van der Waals surface area contributed by atoms with E-state index in [4.69, 9.17) is 4.74 Å². The van der Waals surface area contributed by atoms with Crippen LogP contribution in [0.15, 0.2) is 51.7 Å². The lowest BCUT2D eigenvalue weighted by Crippen LogP contribution is -1.84. The summed E-state index contributed by atoms with van der Waals surface area (Å²) in [6.07, 6.45) is 3.39. The monoisotopic (exact) mass is 327 g/mol. The molecule has 0 aliphatic carbocycles. The Morgan fingerprint density at radius 1 is 0.933 bits per heavy atom. The van der Waals surface area contributed by atoms with Crippen molar-refractivity contribution in [3.8, 4) is 11.5 Å². The van der Waals surface area contributed by atoms with Gasteiger partial charge in [0.25, 0.3) is 0 Å². The Morgan fingerprint density at radius 2 is 1.73 bits per heavy atom. The van der Waals surface area contributed by atoms with Gasteiger partial charge in [-0.15, -0.1) is 0 Å². The third-order valence-corrected chi connectivity index (χ3v) is 2.64. The van der Waals surface area contributed by atoms with Crippen molar-refractivity contribution >= 4 is 31.9 Å². The molecule has 4 heteroatoms. The molecular weight excluding hydrogens is 322 g/mol. The minimum absolute atomic E-state index is 0.711. The number of hydrogen-bond donors (Lipinski definition) is 0. The number of aromatic nitrogens is 1. The first-order chi connectivity index (χ1) is 7.24. The van der Waals surface area contributed by atoms with E-state index in [-0.39, 0.29) is 0 Å². The molecule has 0 fully saturated rings. The topological polar surface area (TPSA) is 22.1 Å². The van der Waals surface area contributed by atoms with Gasteiger partial charge < -0.3 is 4.74 Å². The maximum atomic E-state index is 5.62. The maximum absolute atomic E-state index is 5.62. The van der Waals surface area contributed by atoms with Crippen LogP contribution in [0.1, 0.15) is 0 Å². The van der Waals surface area contributed by atoms with Crippen molar-refractivity contribution in [1.29, 1.82) is 0 Å². The third-order valence-electron chi connectivity index (χ3n) is 1.71. The van der Waals surface area contributed by atoms with Crippen molar-refractivity contribution in [3.05, 3.63) is 51.7 Å². The Balaban J connectivity index is 2.22. The van der Waals surface area contributed by atoms with Gasteiger partial charge in [0.15, 0.2) is 0 Å². The summed E-state index contributed by atoms with van der Waals surface area (Å²) >= 11 is 6.72. The Kier molecular flexibility index (Phi) is 3.38. The molecule has 0 saturated carbocycles. The molecule has 0 unspecified atom stereocenters. The molecule has 1 aromatic carbocycles. The van der Waals surface area contributed by atoms with Gasteiger partial charge in [-0.1, -0.05) is 22.0 Å². The second-order valence-corrected chi connectivity index (χ2v) is 4.73. The summed E-state index contributed by atoms with van der Waals surface area (Å²) in [4.78, 5) is 4.02. The summed E-state index contributed by atoms with van der Waals surface area (Å²) < 4.78 is 7.50. The van der Waals surface area contributed by atoms with Gasteiger partial charge >= 0.3 is 0 Å². The first-order valence-corrected chi connectivity index (χ1v) is 5.86. The van der Waals surface area contributed by atoms with Crippen molar-refractivity contribution in [3.63, 3.8) is 0 Å². The summed E-state index contributed by atoms with van der Waals surface area (Å²) in [5.74, 6) is 1.49. The second-order valence-electron chi connectivity index (χ2n) is 2.90. The molecule has 0 amide bonds. The molecule has 0 saturated heterocycles. The number of pyridine rings is 1. The number of halogens is 2. The van der Waals surface area contributed by atoms with E-state index in [9.17, 15) is 0 Å². The summed E-state index contributed by atoms with van der Waals surface area (Å²) in [6, 6.07) is 9.54. The molecule has 0 bridgehead atoms. The Bertz CT molecular complexity index is 430. The van der Waals surface area contributed by atoms with Gasteiger partial charge in [-0.3, -0.25) is 4.98 Å². The standard InChI is InChI=1S/C11H7Br2NO/c12-8-2-1-3-10(4-8)15-11-5-9(13)6-14-7-11/h1-7H. The molecule has 2 rings (SSSR count). The zero-order valence-electron chi connectivity index (χ0n) is 7.65. The van der Waals surface area contributed by atoms with Crippen LogP contribution in [0, 0.1) is 0 Å². The molecule has 0 aliphatic rings. The van der Waals surface area contributed by atoms with Crippen LogP contribution in [0.4, 0.5) is 0 Å². The third kappa shape index (κ3) is 3.04. The van der Waals surface area contributed by atoms with E-state index in [0.29, 0.717) is 5.75 Å². The SMILES string of the molecule is Brc1cccc(Oc2cncc(Br)c2)c1. The minimum Gasteiger partial charge on any atom is -0.456 e. The lowest BCUT2D eigenvalue weighted by atomic mass is 10.3. The summed E-state index contributed by atoms with van der Waals surface area (Å²) in [5.41, 5.74) is 0. The molecule has 0 aliphatic heterocycles. The minimum atomic E-state index is 0.711. The van der Waals surface area contributed by atoms with E-state index in [0.717, 1.165) is 14.7 Å². The smallest absolute Gasteiger partial charge is 0.146 e. The van der Waals surface area contributed by atoms with Crippen molar-refractivity contribution in [2.24, 2.45) is 0 Å². The number of nitrogens with zero attached hydrogens (tertiary/aromatic N) is 1. The molecule has 0 atom stereocenters. The predicted molar refractivity (Wildman–Crippen MR) is 66.2 cm³/mol. The first-order valence-electron chi connectivity index (χ1n) is 4.28. The predicted octanol–water partition coefficient (Wildman–Crippen LogP) is 4.40. The summed E-state index contributed by atoms with van der Waals surface area (Å²) in [5, 5.41) is 0. The Hall–Kier alpha value is -0.870. The molecule has 0 N–H and O–H groups in total. The van der Waals surface area contributed by atoms with Gasteiger partial charge in [-0.25, -0.2) is 0 Å². The largest absolute Gasteiger partial charge is 0.456 e. The van der Waals surface area contributed by atoms with Crippen LogP contribution >= 0.6 is 31.9 Å². The fourth-order valence-corrected chi connectivity index (χ4v) is 1.84. The molecule has 15 heavy (non-hydrogen) atoms. The zero-order chi connectivity index (χ0) is 10.7. The quantitative estimate of drug-likeness (QED) is 0.815. The molecule has 1 heterocycles. The zero-order valence-corrected chi connectivity index (χ0v) is 10.8. The number of ether oxygens (including phenoxy) is 1. The van der Waals surface area contributed by atoms with Crippen LogP contribution in [0.2, 0.25) is 0 Å². The molecule has 0 spiro atoms. The highest BCUT2D eigenvalue weighted by molar-refractivity contribution is 9.10. The normalized spacial score (nSPS) is 10.0. The van der Waals surface area contributed by atoms with E-state index in [2.05, 4.69) is 36.8 Å². The van der Waals surface area contributed by atoms with Gasteiger partial charge in [0.05, 0.1) is 6.20 Å². The Labute approximate surface area is 105 Å². The summed E-state index contributed by atoms with van der Waals surface area (Å²) in [6.45, 7) is 0. The van der Waals surface area contributed by atoms with Gasteiger partial charge in [-0.2, -0.15) is 0 Å². The van der Waals surface area contributed by atoms with Crippen molar-refractivity contribution in [2.75, 3.05) is 0 Å². The molecule has 2 aromatic rings. The molecule has 1 aromatic heterocycles. The maximum Gasteiger partial charge on any atom is 0.146 e. The first kappa shape index (κ1) is 10.6. The highest BCUT2D eigenvalue weighted by atomic mass is 79.9. The van der Waals surface area contributed by atoms with Crippen LogP contribution in [0.5, 0.6) is 11.5 Å². The second kappa shape index (κ2) is 4.77. The van der Waals surface area contributed by atoms with Crippen molar-refractivity contribution in [1.82, 2.24) is 4.98 Å². The lowest BCUT2D eigenvalue weighted by molar-refractivity contribution is 0.479. The highest BCUT2D eigenvalue weighted by Gasteiger charge is 1.98. The van der Waals surface area contributed by atoms with E-state index >= 15 is 0 Å². The van der Waals surface area contributed by atoms with Crippen LogP contribution in [0.25, 0.3) is 0 Å². The summed E-state index contributed by atoms with van der Waals surface area (Å²) in [7, 11) is 0. The van der Waals surface area contributed by atoms with Crippen LogP contribution < -0.4 is 4.74 Å². The van der Waals surface area contributed by atoms with E-state index < -0.39 is 0 Å². The van der Waals surface area contributed by atoms with Gasteiger partial charge in [0.1, 0.15) is 11.5 Å². The van der Waals surface area contributed by atoms with Crippen LogP contribution in [0.3, 0.4) is 0 Å². The molecular formula is C11H7Br2NO. The van der Waals surface area contributed by atoms with Gasteiger partial charge in [0, 0.05) is 15.1 Å². The number of rotatable bonds is 2. The van der Waals surface area contributed by atoms with Crippen molar-refractivity contribution < 1.29 is 4.74 Å². The van der Waals surface area contributed by atoms with Crippen LogP contribution in [-0.4, -0.2) is 4.98 Å². The highest BCUT2D eigenvalue weighted by Crippen LogP contribution is 2.25. The van der Waals surface area contributed by atoms with Crippen LogP contribution in [-0.2, 0) is 0 Å². The fraction of sp³-hybridized carbons (Fsp3) is 0. The number of hydrogen-bond acceptors (Lipinski definition) is 2. The lowest BCUT2D eigenvalue weighted by Gasteiger charge is -2.05. The van der Waals surface area contributed by atoms with E-state index in [1.54, 1.807) is 12.4 Å². The van der Waals surface area contributed by atoms with E-state index in [1.165, 1.54) is 0 Å². The van der Waals surface area contributed by atoms with Crippen molar-refractivity contribution in [2.45, 2.75) is 0 Å². The molecule has 0 radical (unpaired) electrons. The van der Waals surface area contributed by atoms with E-state index in [1.807, 2.05) is 30.3 Å². The average molecular weight is 329 g/mol. The average Bonchev–Trinajstić information content (AvgIpc) is 2.17. The Morgan fingerprint density at radius 3 is 2.47 bits per heavy atom.